The quantitative estimate of drug-likeness (QED) is 0.886. The Kier molecular flexibility index (Phi) is 2.98. The van der Waals surface area contributed by atoms with E-state index in [1.807, 2.05) is 31.2 Å². The van der Waals surface area contributed by atoms with Crippen molar-refractivity contribution in [3.8, 4) is 0 Å². The molecule has 1 N–H and O–H groups in total. The van der Waals surface area contributed by atoms with Crippen molar-refractivity contribution in [1.82, 2.24) is 4.90 Å². The van der Waals surface area contributed by atoms with Gasteiger partial charge in [0.05, 0.1) is 6.54 Å². The van der Waals surface area contributed by atoms with Crippen LogP contribution in [0.4, 0.5) is 4.79 Å². The molecule has 5 nitrogen and oxygen atoms in total. The highest BCUT2D eigenvalue weighted by atomic mass is 16.6. The molecule has 0 aromatic heterocycles. The number of cyclic esters (lactones) is 1. The largest absolute Gasteiger partial charge is 0.479 e. The average molecular weight is 249 g/mol. The summed E-state index contributed by atoms with van der Waals surface area (Å²) < 4.78 is 4.84. The Morgan fingerprint density at radius 3 is 2.61 bits per heavy atom. The number of hydrogen-bond acceptors (Lipinski definition) is 3. The first-order valence-electron chi connectivity index (χ1n) is 5.67. The molecule has 1 atom stereocenters. The number of hydrogen-bond donors (Lipinski definition) is 1. The maximum atomic E-state index is 11.6. The first-order chi connectivity index (χ1) is 8.43. The molecule has 1 aliphatic heterocycles. The van der Waals surface area contributed by atoms with E-state index in [0.717, 1.165) is 11.1 Å². The smallest absolute Gasteiger partial charge is 0.411 e. The van der Waals surface area contributed by atoms with Gasteiger partial charge in [0.25, 0.3) is 0 Å². The highest BCUT2D eigenvalue weighted by Gasteiger charge is 2.49. The standard InChI is InChI=1S/C13H15NO4/c1-9-3-5-10(6-4-9)7-14-12(17)18-8-13(14,2)11(15)16/h3-6H,7-8H2,1-2H3,(H,15,16). The Balaban J connectivity index is 2.23. The van der Waals surface area contributed by atoms with Crippen molar-refractivity contribution in [3.63, 3.8) is 0 Å². The molecule has 0 aliphatic carbocycles. The Morgan fingerprint density at radius 2 is 2.06 bits per heavy atom. The number of carbonyl (C=O) groups excluding carboxylic acids is 1. The van der Waals surface area contributed by atoms with Crippen molar-refractivity contribution in [2.75, 3.05) is 6.61 Å². The van der Waals surface area contributed by atoms with Gasteiger partial charge in [-0.3, -0.25) is 4.90 Å². The monoisotopic (exact) mass is 249 g/mol. The molecule has 1 heterocycles. The Morgan fingerprint density at radius 1 is 1.44 bits per heavy atom. The molecule has 0 spiro atoms. The third-order valence-corrected chi connectivity index (χ3v) is 3.21. The number of aliphatic carboxylic acids is 1. The Bertz CT molecular complexity index is 482. The molecule has 0 bridgehead atoms. The Labute approximate surface area is 105 Å². The van der Waals surface area contributed by atoms with E-state index in [0.29, 0.717) is 0 Å². The van der Waals surface area contributed by atoms with Crippen LogP contribution in [0.1, 0.15) is 18.1 Å². The number of aryl methyl sites for hydroxylation is 1. The molecule has 0 saturated carbocycles. The van der Waals surface area contributed by atoms with Gasteiger partial charge in [-0.1, -0.05) is 29.8 Å². The second kappa shape index (κ2) is 4.33. The summed E-state index contributed by atoms with van der Waals surface area (Å²) in [6.07, 6.45) is -0.583. The van der Waals surface area contributed by atoms with Crippen LogP contribution in [0.5, 0.6) is 0 Å². The molecular formula is C13H15NO4. The fourth-order valence-electron chi connectivity index (χ4n) is 1.85. The SMILES string of the molecule is Cc1ccc(CN2C(=O)OCC2(C)C(=O)O)cc1. The lowest BCUT2D eigenvalue weighted by Crippen LogP contribution is -2.50. The zero-order valence-corrected chi connectivity index (χ0v) is 10.3. The van der Waals surface area contributed by atoms with E-state index in [1.165, 1.54) is 11.8 Å². The van der Waals surface area contributed by atoms with Gasteiger partial charge >= 0.3 is 12.1 Å². The van der Waals surface area contributed by atoms with Crippen molar-refractivity contribution >= 4 is 12.1 Å². The van der Waals surface area contributed by atoms with Gasteiger partial charge in [0.15, 0.2) is 5.54 Å². The maximum absolute atomic E-state index is 11.6. The third-order valence-electron chi connectivity index (χ3n) is 3.21. The lowest BCUT2D eigenvalue weighted by Gasteiger charge is -2.27. The van der Waals surface area contributed by atoms with Gasteiger partial charge in [-0.2, -0.15) is 0 Å². The molecule has 1 aliphatic rings. The summed E-state index contributed by atoms with van der Waals surface area (Å²) in [5, 5.41) is 9.21. The number of carboxylic acids is 1. The lowest BCUT2D eigenvalue weighted by molar-refractivity contribution is -0.147. The van der Waals surface area contributed by atoms with E-state index in [1.54, 1.807) is 0 Å². The minimum absolute atomic E-state index is 0.118. The van der Waals surface area contributed by atoms with Crippen LogP contribution in [0, 0.1) is 6.92 Å². The van der Waals surface area contributed by atoms with Gasteiger partial charge in [-0.25, -0.2) is 9.59 Å². The van der Waals surface area contributed by atoms with Crippen molar-refractivity contribution in [3.05, 3.63) is 35.4 Å². The topological polar surface area (TPSA) is 66.8 Å². The molecule has 96 valence electrons. The maximum Gasteiger partial charge on any atom is 0.411 e. The first-order valence-corrected chi connectivity index (χ1v) is 5.67. The minimum atomic E-state index is -1.29. The van der Waals surface area contributed by atoms with E-state index in [9.17, 15) is 14.7 Å². The van der Waals surface area contributed by atoms with Gasteiger partial charge in [-0.05, 0) is 19.4 Å². The molecule has 1 saturated heterocycles. The van der Waals surface area contributed by atoms with Gasteiger partial charge in [0.2, 0.25) is 0 Å². The van der Waals surface area contributed by atoms with Crippen LogP contribution >= 0.6 is 0 Å². The van der Waals surface area contributed by atoms with Crippen LogP contribution in [-0.2, 0) is 16.1 Å². The summed E-state index contributed by atoms with van der Waals surface area (Å²) in [5.74, 6) is -1.06. The second-order valence-electron chi connectivity index (χ2n) is 4.71. The lowest BCUT2D eigenvalue weighted by atomic mass is 10.0. The highest BCUT2D eigenvalue weighted by molar-refractivity contribution is 5.86. The number of rotatable bonds is 3. The summed E-state index contributed by atoms with van der Waals surface area (Å²) in [6, 6.07) is 7.61. The number of carboxylic acid groups (broad SMARTS) is 1. The van der Waals surface area contributed by atoms with Crippen LogP contribution in [0.15, 0.2) is 24.3 Å². The molecule has 1 aromatic rings. The molecule has 2 rings (SSSR count). The number of nitrogens with zero attached hydrogens (tertiary/aromatic N) is 1. The van der Waals surface area contributed by atoms with E-state index < -0.39 is 17.6 Å². The number of benzene rings is 1. The number of carbonyl (C=O) groups is 2. The van der Waals surface area contributed by atoms with Crippen LogP contribution in [-0.4, -0.2) is 34.2 Å². The predicted molar refractivity (Wildman–Crippen MR) is 64.1 cm³/mol. The summed E-state index contributed by atoms with van der Waals surface area (Å²) >= 11 is 0. The fraction of sp³-hybridized carbons (Fsp3) is 0.385. The van der Waals surface area contributed by atoms with Crippen molar-refractivity contribution in [2.24, 2.45) is 0 Å². The Hall–Kier alpha value is -2.04. The van der Waals surface area contributed by atoms with Gasteiger partial charge < -0.3 is 9.84 Å². The summed E-state index contributed by atoms with van der Waals surface area (Å²) in [6.45, 7) is 3.58. The zero-order chi connectivity index (χ0) is 13.3. The first kappa shape index (κ1) is 12.4. The summed E-state index contributed by atoms with van der Waals surface area (Å²) in [7, 11) is 0. The van der Waals surface area contributed by atoms with E-state index >= 15 is 0 Å². The second-order valence-corrected chi connectivity index (χ2v) is 4.71. The molecule has 5 heteroatoms. The van der Waals surface area contributed by atoms with Crippen LogP contribution < -0.4 is 0 Å². The average Bonchev–Trinajstić information content (AvgIpc) is 2.61. The highest BCUT2D eigenvalue weighted by Crippen LogP contribution is 2.26. The molecule has 0 radical (unpaired) electrons. The van der Waals surface area contributed by atoms with Gasteiger partial charge in [0, 0.05) is 0 Å². The van der Waals surface area contributed by atoms with Crippen LogP contribution in [0.2, 0.25) is 0 Å². The predicted octanol–water partition coefficient (Wildman–Crippen LogP) is 1.79. The molecule has 18 heavy (non-hydrogen) atoms. The molecule has 1 fully saturated rings. The van der Waals surface area contributed by atoms with E-state index in [2.05, 4.69) is 0 Å². The normalized spacial score (nSPS) is 23.0. The van der Waals surface area contributed by atoms with Crippen molar-refractivity contribution < 1.29 is 19.4 Å². The van der Waals surface area contributed by atoms with Crippen LogP contribution in [0.25, 0.3) is 0 Å². The van der Waals surface area contributed by atoms with Crippen molar-refractivity contribution in [2.45, 2.75) is 25.9 Å². The summed E-state index contributed by atoms with van der Waals surface area (Å²) in [5.41, 5.74) is 0.706. The van der Waals surface area contributed by atoms with E-state index in [4.69, 9.17) is 4.74 Å². The third kappa shape index (κ3) is 2.03. The minimum Gasteiger partial charge on any atom is -0.479 e. The molecular weight excluding hydrogens is 234 g/mol. The fourth-order valence-corrected chi connectivity index (χ4v) is 1.85. The summed E-state index contributed by atoms with van der Waals surface area (Å²) in [4.78, 5) is 24.1. The van der Waals surface area contributed by atoms with Gasteiger partial charge in [0.1, 0.15) is 6.61 Å². The van der Waals surface area contributed by atoms with E-state index in [-0.39, 0.29) is 13.2 Å². The molecule has 1 aromatic carbocycles. The zero-order valence-electron chi connectivity index (χ0n) is 10.3. The number of ether oxygens (including phenoxy) is 1. The van der Waals surface area contributed by atoms with Crippen LogP contribution in [0.3, 0.4) is 0 Å². The van der Waals surface area contributed by atoms with Gasteiger partial charge in [-0.15, -0.1) is 0 Å². The number of amides is 1. The molecule has 1 amide bonds. The molecule has 1 unspecified atom stereocenters. The van der Waals surface area contributed by atoms with Crippen molar-refractivity contribution in [1.29, 1.82) is 0 Å².